The average molecular weight is 373 g/mol. The SMILES string of the molecule is Cc1ccc(NCN2C(=O)S/C(=C/c3ccc(Cl)cc3)C2=O)cc1C. The third kappa shape index (κ3) is 4.06. The van der Waals surface area contributed by atoms with E-state index in [1.54, 1.807) is 18.2 Å². The van der Waals surface area contributed by atoms with Crippen molar-refractivity contribution in [3.63, 3.8) is 0 Å². The number of anilines is 1. The maximum atomic E-state index is 12.5. The van der Waals surface area contributed by atoms with Crippen LogP contribution in [0.5, 0.6) is 0 Å². The highest BCUT2D eigenvalue weighted by molar-refractivity contribution is 8.18. The minimum Gasteiger partial charge on any atom is -0.367 e. The van der Waals surface area contributed by atoms with Crippen LogP contribution in [-0.2, 0) is 4.79 Å². The summed E-state index contributed by atoms with van der Waals surface area (Å²) in [6.45, 7) is 4.21. The van der Waals surface area contributed by atoms with Crippen LogP contribution in [0.15, 0.2) is 47.4 Å². The van der Waals surface area contributed by atoms with Gasteiger partial charge in [-0.1, -0.05) is 29.8 Å². The Morgan fingerprint density at radius 1 is 1.08 bits per heavy atom. The molecule has 0 bridgehead atoms. The lowest BCUT2D eigenvalue weighted by Gasteiger charge is -2.15. The van der Waals surface area contributed by atoms with Crippen LogP contribution < -0.4 is 5.32 Å². The summed E-state index contributed by atoms with van der Waals surface area (Å²) in [7, 11) is 0. The molecule has 25 heavy (non-hydrogen) atoms. The Morgan fingerprint density at radius 2 is 1.80 bits per heavy atom. The number of thioether (sulfide) groups is 1. The molecule has 0 atom stereocenters. The standard InChI is InChI=1S/C19H17ClN2O2S/c1-12-3-8-16(9-13(12)2)21-11-22-18(23)17(25-19(22)24)10-14-4-6-15(20)7-5-14/h3-10,21H,11H2,1-2H3/b17-10+. The van der Waals surface area contributed by atoms with E-state index in [4.69, 9.17) is 11.6 Å². The Balaban J connectivity index is 1.70. The molecule has 4 nitrogen and oxygen atoms in total. The molecule has 3 rings (SSSR count). The van der Waals surface area contributed by atoms with E-state index >= 15 is 0 Å². The summed E-state index contributed by atoms with van der Waals surface area (Å²) >= 11 is 6.81. The second-order valence-electron chi connectivity index (χ2n) is 5.80. The van der Waals surface area contributed by atoms with Gasteiger partial charge in [0.05, 0.1) is 11.6 Å². The fourth-order valence-corrected chi connectivity index (χ4v) is 3.33. The molecule has 2 aromatic rings. The number of nitrogens with one attached hydrogen (secondary N) is 1. The zero-order valence-electron chi connectivity index (χ0n) is 13.9. The summed E-state index contributed by atoms with van der Waals surface area (Å²) in [6.07, 6.45) is 1.71. The highest BCUT2D eigenvalue weighted by Crippen LogP contribution is 2.32. The van der Waals surface area contributed by atoms with Gasteiger partial charge in [0, 0.05) is 10.7 Å². The Kier molecular flexibility index (Phi) is 5.16. The van der Waals surface area contributed by atoms with Gasteiger partial charge in [0.25, 0.3) is 11.1 Å². The summed E-state index contributed by atoms with van der Waals surface area (Å²) in [5.41, 5.74) is 4.06. The van der Waals surface area contributed by atoms with E-state index in [0.717, 1.165) is 28.6 Å². The van der Waals surface area contributed by atoms with Gasteiger partial charge in [-0.15, -0.1) is 0 Å². The van der Waals surface area contributed by atoms with Gasteiger partial charge in [-0.2, -0.15) is 0 Å². The molecule has 6 heteroatoms. The predicted octanol–water partition coefficient (Wildman–Crippen LogP) is 5.06. The monoisotopic (exact) mass is 372 g/mol. The van der Waals surface area contributed by atoms with Crippen molar-refractivity contribution in [2.75, 3.05) is 12.0 Å². The van der Waals surface area contributed by atoms with Gasteiger partial charge in [-0.05, 0) is 72.6 Å². The number of benzene rings is 2. The Morgan fingerprint density at radius 3 is 2.48 bits per heavy atom. The molecular formula is C19H17ClN2O2S. The fourth-order valence-electron chi connectivity index (χ4n) is 2.37. The van der Waals surface area contributed by atoms with Gasteiger partial charge in [0.2, 0.25) is 0 Å². The first kappa shape index (κ1) is 17.6. The Labute approximate surface area is 155 Å². The maximum absolute atomic E-state index is 12.5. The number of aryl methyl sites for hydroxylation is 2. The summed E-state index contributed by atoms with van der Waals surface area (Å²) in [5, 5.41) is 3.48. The van der Waals surface area contributed by atoms with Crippen molar-refractivity contribution in [2.24, 2.45) is 0 Å². The zero-order chi connectivity index (χ0) is 18.0. The molecule has 1 N–H and O–H groups in total. The van der Waals surface area contributed by atoms with Crippen molar-refractivity contribution in [3.8, 4) is 0 Å². The first-order valence-electron chi connectivity index (χ1n) is 7.76. The van der Waals surface area contributed by atoms with E-state index in [2.05, 4.69) is 5.32 Å². The molecule has 1 heterocycles. The lowest BCUT2D eigenvalue weighted by atomic mass is 10.1. The van der Waals surface area contributed by atoms with Crippen molar-refractivity contribution in [3.05, 3.63) is 69.1 Å². The van der Waals surface area contributed by atoms with Crippen LogP contribution >= 0.6 is 23.4 Å². The van der Waals surface area contributed by atoms with Gasteiger partial charge >= 0.3 is 0 Å². The van der Waals surface area contributed by atoms with Gasteiger partial charge in [0.15, 0.2) is 0 Å². The van der Waals surface area contributed by atoms with Crippen LogP contribution in [-0.4, -0.2) is 22.7 Å². The molecule has 0 radical (unpaired) electrons. The summed E-state index contributed by atoms with van der Waals surface area (Å²) < 4.78 is 0. The minimum absolute atomic E-state index is 0.144. The lowest BCUT2D eigenvalue weighted by Crippen LogP contribution is -2.33. The molecule has 2 aromatic carbocycles. The van der Waals surface area contributed by atoms with Crippen molar-refractivity contribution in [1.82, 2.24) is 4.90 Å². The van der Waals surface area contributed by atoms with Crippen LogP contribution in [0.4, 0.5) is 10.5 Å². The average Bonchev–Trinajstić information content (AvgIpc) is 2.84. The van der Waals surface area contributed by atoms with Crippen molar-refractivity contribution in [2.45, 2.75) is 13.8 Å². The van der Waals surface area contributed by atoms with Crippen LogP contribution in [0, 0.1) is 13.8 Å². The van der Waals surface area contributed by atoms with Gasteiger partial charge in [0.1, 0.15) is 0 Å². The first-order valence-corrected chi connectivity index (χ1v) is 8.95. The first-order chi connectivity index (χ1) is 11.9. The lowest BCUT2D eigenvalue weighted by molar-refractivity contribution is -0.122. The quantitative estimate of drug-likeness (QED) is 0.762. The number of carbonyl (C=O) groups is 2. The molecule has 128 valence electrons. The molecule has 0 spiro atoms. The van der Waals surface area contributed by atoms with Crippen molar-refractivity contribution >= 4 is 46.3 Å². The normalized spacial score (nSPS) is 16.0. The van der Waals surface area contributed by atoms with Crippen LogP contribution in [0.3, 0.4) is 0 Å². The topological polar surface area (TPSA) is 49.4 Å². The molecule has 1 aliphatic heterocycles. The smallest absolute Gasteiger partial charge is 0.295 e. The minimum atomic E-state index is -0.290. The number of hydrogen-bond acceptors (Lipinski definition) is 4. The van der Waals surface area contributed by atoms with Gasteiger partial charge in [-0.3, -0.25) is 14.5 Å². The molecule has 1 fully saturated rings. The van der Waals surface area contributed by atoms with Crippen LogP contribution in [0.2, 0.25) is 5.02 Å². The Hall–Kier alpha value is -2.24. The highest BCUT2D eigenvalue weighted by Gasteiger charge is 2.34. The number of amides is 2. The van der Waals surface area contributed by atoms with E-state index in [1.165, 1.54) is 10.5 Å². The largest absolute Gasteiger partial charge is 0.367 e. The number of halogens is 1. The third-order valence-electron chi connectivity index (χ3n) is 3.99. The molecule has 1 saturated heterocycles. The van der Waals surface area contributed by atoms with Crippen molar-refractivity contribution < 1.29 is 9.59 Å². The van der Waals surface area contributed by atoms with E-state index < -0.39 is 0 Å². The second-order valence-corrected chi connectivity index (χ2v) is 7.22. The number of rotatable bonds is 4. The summed E-state index contributed by atoms with van der Waals surface area (Å²) in [4.78, 5) is 26.2. The van der Waals surface area contributed by atoms with E-state index in [1.807, 2.05) is 44.2 Å². The highest BCUT2D eigenvalue weighted by atomic mass is 35.5. The number of carbonyl (C=O) groups excluding carboxylic acids is 2. The van der Waals surface area contributed by atoms with E-state index in [0.29, 0.717) is 9.93 Å². The van der Waals surface area contributed by atoms with Gasteiger partial charge < -0.3 is 5.32 Å². The molecule has 2 amide bonds. The van der Waals surface area contributed by atoms with Crippen LogP contribution in [0.25, 0.3) is 6.08 Å². The summed E-state index contributed by atoms with van der Waals surface area (Å²) in [5.74, 6) is -0.290. The molecule has 0 saturated carbocycles. The number of imide groups is 1. The molecule has 0 unspecified atom stereocenters. The number of nitrogens with zero attached hydrogens (tertiary/aromatic N) is 1. The van der Waals surface area contributed by atoms with E-state index in [9.17, 15) is 9.59 Å². The second kappa shape index (κ2) is 7.33. The molecule has 0 aliphatic carbocycles. The molecular weight excluding hydrogens is 356 g/mol. The maximum Gasteiger partial charge on any atom is 0.295 e. The molecule has 1 aliphatic rings. The zero-order valence-corrected chi connectivity index (χ0v) is 15.4. The van der Waals surface area contributed by atoms with Crippen LogP contribution in [0.1, 0.15) is 16.7 Å². The third-order valence-corrected chi connectivity index (χ3v) is 5.15. The fraction of sp³-hybridized carbons (Fsp3) is 0.158. The van der Waals surface area contributed by atoms with E-state index in [-0.39, 0.29) is 17.8 Å². The Bertz CT molecular complexity index is 862. The van der Waals surface area contributed by atoms with Gasteiger partial charge in [-0.25, -0.2) is 0 Å². The number of hydrogen-bond donors (Lipinski definition) is 1. The predicted molar refractivity (Wildman–Crippen MR) is 104 cm³/mol. The summed E-state index contributed by atoms with van der Waals surface area (Å²) in [6, 6.07) is 13.1. The molecule has 0 aromatic heterocycles. The van der Waals surface area contributed by atoms with Crippen molar-refractivity contribution in [1.29, 1.82) is 0 Å².